The molecule has 1 fully saturated rings. The molecule has 0 bridgehead atoms. The van der Waals surface area contributed by atoms with E-state index in [2.05, 4.69) is 0 Å². The van der Waals surface area contributed by atoms with Crippen molar-refractivity contribution in [2.75, 3.05) is 13.2 Å². The van der Waals surface area contributed by atoms with E-state index in [0.717, 1.165) is 17.7 Å². The van der Waals surface area contributed by atoms with Crippen molar-refractivity contribution >= 4 is 27.3 Å². The summed E-state index contributed by atoms with van der Waals surface area (Å²) in [5.41, 5.74) is 0.354. The highest BCUT2D eigenvalue weighted by molar-refractivity contribution is 7.89. The highest BCUT2D eigenvalue weighted by atomic mass is 32.2. The highest BCUT2D eigenvalue weighted by Gasteiger charge is 2.36. The van der Waals surface area contributed by atoms with Gasteiger partial charge in [0.2, 0.25) is 10.0 Å². The Bertz CT molecular complexity index is 798. The Morgan fingerprint density at radius 3 is 2.67 bits per heavy atom. The molecule has 1 unspecified atom stereocenters. The molecule has 7 heteroatoms. The molecule has 1 aliphatic heterocycles. The Hall–Kier alpha value is -1.70. The fourth-order valence-electron chi connectivity index (χ4n) is 2.91. The van der Waals surface area contributed by atoms with Crippen molar-refractivity contribution in [3.63, 3.8) is 0 Å². The number of rotatable bonds is 5. The SMILES string of the molecule is CCOC(=O)c1ccc(S(=O)(=O)N2CCCC2c2cccs2)cc1. The second-order valence-electron chi connectivity index (χ2n) is 5.53. The van der Waals surface area contributed by atoms with Crippen LogP contribution in [-0.4, -0.2) is 31.8 Å². The minimum atomic E-state index is -3.58. The predicted octanol–water partition coefficient (Wildman–Crippen LogP) is 3.45. The molecule has 0 spiro atoms. The number of benzene rings is 1. The Labute approximate surface area is 145 Å². The van der Waals surface area contributed by atoms with Crippen LogP contribution in [0.4, 0.5) is 0 Å². The minimum Gasteiger partial charge on any atom is -0.462 e. The highest BCUT2D eigenvalue weighted by Crippen LogP contribution is 2.38. The lowest BCUT2D eigenvalue weighted by Crippen LogP contribution is -2.30. The van der Waals surface area contributed by atoms with Crippen LogP contribution < -0.4 is 0 Å². The van der Waals surface area contributed by atoms with Crippen LogP contribution in [0.1, 0.15) is 41.0 Å². The first-order valence-electron chi connectivity index (χ1n) is 7.86. The fraction of sp³-hybridized carbons (Fsp3) is 0.353. The van der Waals surface area contributed by atoms with Gasteiger partial charge < -0.3 is 4.74 Å². The van der Waals surface area contributed by atoms with Crippen LogP contribution in [0.15, 0.2) is 46.7 Å². The van der Waals surface area contributed by atoms with Crippen LogP contribution in [0.5, 0.6) is 0 Å². The van der Waals surface area contributed by atoms with Crippen LogP contribution in [0, 0.1) is 0 Å². The van der Waals surface area contributed by atoms with E-state index in [4.69, 9.17) is 4.74 Å². The molecular formula is C17H19NO4S2. The van der Waals surface area contributed by atoms with Gasteiger partial charge in [0.15, 0.2) is 0 Å². The standard InChI is InChI=1S/C17H19NO4S2/c1-2-22-17(19)13-7-9-14(10-8-13)24(20,21)18-11-3-5-15(18)16-6-4-12-23-16/h4,6-10,12,15H,2-3,5,11H2,1H3. The molecule has 0 N–H and O–H groups in total. The Morgan fingerprint density at radius 1 is 1.29 bits per heavy atom. The summed E-state index contributed by atoms with van der Waals surface area (Å²) >= 11 is 1.58. The Kier molecular flexibility index (Phi) is 5.03. The van der Waals surface area contributed by atoms with Gasteiger partial charge in [-0.15, -0.1) is 11.3 Å². The molecule has 1 saturated heterocycles. The largest absolute Gasteiger partial charge is 0.462 e. The van der Waals surface area contributed by atoms with Crippen molar-refractivity contribution in [3.05, 3.63) is 52.2 Å². The third kappa shape index (κ3) is 3.24. The van der Waals surface area contributed by atoms with Crippen molar-refractivity contribution in [2.45, 2.75) is 30.7 Å². The molecule has 0 aliphatic carbocycles. The maximum absolute atomic E-state index is 13.0. The van der Waals surface area contributed by atoms with E-state index in [0.29, 0.717) is 12.1 Å². The first-order chi connectivity index (χ1) is 11.5. The summed E-state index contributed by atoms with van der Waals surface area (Å²) in [6.07, 6.45) is 1.68. The number of carbonyl (C=O) groups excluding carboxylic acids is 1. The first-order valence-corrected chi connectivity index (χ1v) is 10.2. The van der Waals surface area contributed by atoms with Crippen molar-refractivity contribution < 1.29 is 17.9 Å². The number of hydrogen-bond acceptors (Lipinski definition) is 5. The van der Waals surface area contributed by atoms with E-state index in [-0.39, 0.29) is 17.5 Å². The van der Waals surface area contributed by atoms with Crippen molar-refractivity contribution in [2.24, 2.45) is 0 Å². The van der Waals surface area contributed by atoms with Crippen molar-refractivity contribution in [1.82, 2.24) is 4.31 Å². The average molecular weight is 365 g/mol. The van der Waals surface area contributed by atoms with Crippen LogP contribution in [0.2, 0.25) is 0 Å². The summed E-state index contributed by atoms with van der Waals surface area (Å²) in [6, 6.07) is 9.78. The van der Waals surface area contributed by atoms with Gasteiger partial charge in [-0.3, -0.25) is 0 Å². The van der Waals surface area contributed by atoms with Gasteiger partial charge in [0, 0.05) is 11.4 Å². The van der Waals surface area contributed by atoms with E-state index in [1.54, 1.807) is 22.6 Å². The van der Waals surface area contributed by atoms with Gasteiger partial charge in [-0.1, -0.05) is 6.07 Å². The van der Waals surface area contributed by atoms with Crippen LogP contribution in [0.25, 0.3) is 0 Å². The second-order valence-corrected chi connectivity index (χ2v) is 8.40. The van der Waals surface area contributed by atoms with Gasteiger partial charge in [-0.05, 0) is 55.5 Å². The molecule has 128 valence electrons. The second kappa shape index (κ2) is 7.04. The van der Waals surface area contributed by atoms with E-state index in [9.17, 15) is 13.2 Å². The van der Waals surface area contributed by atoms with Crippen LogP contribution >= 0.6 is 11.3 Å². The van der Waals surface area contributed by atoms with E-state index in [1.807, 2.05) is 17.5 Å². The van der Waals surface area contributed by atoms with Gasteiger partial charge in [-0.2, -0.15) is 4.31 Å². The monoisotopic (exact) mass is 365 g/mol. The third-order valence-corrected chi connectivity index (χ3v) is 6.94. The van der Waals surface area contributed by atoms with E-state index in [1.165, 1.54) is 24.3 Å². The molecule has 24 heavy (non-hydrogen) atoms. The number of sulfonamides is 1. The molecule has 2 heterocycles. The van der Waals surface area contributed by atoms with Gasteiger partial charge in [-0.25, -0.2) is 13.2 Å². The molecule has 1 aromatic heterocycles. The summed E-state index contributed by atoms with van der Waals surface area (Å²) in [6.45, 7) is 2.54. The average Bonchev–Trinajstić information content (AvgIpc) is 3.26. The lowest BCUT2D eigenvalue weighted by atomic mass is 10.2. The number of carbonyl (C=O) groups is 1. The zero-order valence-electron chi connectivity index (χ0n) is 13.3. The molecule has 0 amide bonds. The lowest BCUT2D eigenvalue weighted by molar-refractivity contribution is 0.0526. The van der Waals surface area contributed by atoms with Crippen molar-refractivity contribution in [1.29, 1.82) is 0 Å². The van der Waals surface area contributed by atoms with E-state index >= 15 is 0 Å². The summed E-state index contributed by atoms with van der Waals surface area (Å²) in [4.78, 5) is 13.0. The summed E-state index contributed by atoms with van der Waals surface area (Å²) in [5, 5.41) is 1.96. The normalized spacial score (nSPS) is 18.6. The molecule has 0 radical (unpaired) electrons. The Balaban J connectivity index is 1.86. The molecule has 5 nitrogen and oxygen atoms in total. The number of esters is 1. The van der Waals surface area contributed by atoms with Gasteiger partial charge in [0.05, 0.1) is 23.1 Å². The molecule has 3 rings (SSSR count). The maximum atomic E-state index is 13.0. The lowest BCUT2D eigenvalue weighted by Gasteiger charge is -2.23. The van der Waals surface area contributed by atoms with E-state index < -0.39 is 16.0 Å². The van der Waals surface area contributed by atoms with Crippen LogP contribution in [0.3, 0.4) is 0 Å². The molecule has 1 aliphatic rings. The summed E-state index contributed by atoms with van der Waals surface area (Å²) in [5.74, 6) is -0.445. The number of hydrogen-bond donors (Lipinski definition) is 0. The van der Waals surface area contributed by atoms with Gasteiger partial charge in [0.25, 0.3) is 0 Å². The number of thiophene rings is 1. The van der Waals surface area contributed by atoms with Gasteiger partial charge in [0.1, 0.15) is 0 Å². The fourth-order valence-corrected chi connectivity index (χ4v) is 5.52. The maximum Gasteiger partial charge on any atom is 0.338 e. The zero-order valence-corrected chi connectivity index (χ0v) is 15.0. The first kappa shape index (κ1) is 17.1. The molecule has 1 aromatic carbocycles. The van der Waals surface area contributed by atoms with Gasteiger partial charge >= 0.3 is 5.97 Å². The smallest absolute Gasteiger partial charge is 0.338 e. The molecule has 0 saturated carbocycles. The number of nitrogens with zero attached hydrogens (tertiary/aromatic N) is 1. The molecule has 1 atom stereocenters. The molecule has 2 aromatic rings. The minimum absolute atomic E-state index is 0.0975. The topological polar surface area (TPSA) is 63.7 Å². The Morgan fingerprint density at radius 2 is 2.04 bits per heavy atom. The van der Waals surface area contributed by atoms with Crippen molar-refractivity contribution in [3.8, 4) is 0 Å². The van der Waals surface area contributed by atoms with Crippen LogP contribution in [-0.2, 0) is 14.8 Å². The summed E-state index contributed by atoms with van der Waals surface area (Å²) in [7, 11) is -3.58. The summed E-state index contributed by atoms with van der Waals surface area (Å²) < 4.78 is 32.4. The third-order valence-electron chi connectivity index (χ3n) is 4.05. The number of ether oxygens (including phenoxy) is 1. The quantitative estimate of drug-likeness (QED) is 0.761. The molecular weight excluding hydrogens is 346 g/mol. The predicted molar refractivity (Wildman–Crippen MR) is 92.6 cm³/mol. The zero-order chi connectivity index (χ0) is 17.2.